The molecule has 4 rings (SSSR count). The fourth-order valence-electron chi connectivity index (χ4n) is 14.2. The van der Waals surface area contributed by atoms with E-state index in [1.807, 2.05) is 0 Å². The van der Waals surface area contributed by atoms with Crippen molar-refractivity contribution >= 4 is 0 Å². The summed E-state index contributed by atoms with van der Waals surface area (Å²) in [5.41, 5.74) is 8.83. The largest absolute Gasteiger partial charge is 0.369 e. The van der Waals surface area contributed by atoms with E-state index in [4.69, 9.17) is 19.7 Å². The van der Waals surface area contributed by atoms with Gasteiger partial charge in [-0.05, 0) is 200 Å². The van der Waals surface area contributed by atoms with Crippen LogP contribution in [0.5, 0.6) is 0 Å². The maximum atomic E-state index is 4.78. The standard InChI is InChI=1S/C65H107N/c1-18-28-62(51(12)39-57-32-34-59(19-2)61(21-4)41-57)40-48(9)47(8)38-50(11)54(15)64(22-5)53(14)49(10)37-45(6)29-24-23-25-30-46(7)60(20-3)42-58-33-35-63-44-65(63,43-58)55(16)56(17)66-36-27-26-31-52(66)13/h18,23-25,29-30,38,45,47,49,51-52,54,57-64H,1,9,14,16-17,19-22,26-28,31-37,39-44H2,2-8,10-13,15H3/b25-23+,29-24+,46-30+,50-38+. The quantitative estimate of drug-likeness (QED) is 0.0559. The van der Waals surface area contributed by atoms with Crippen molar-refractivity contribution in [1.29, 1.82) is 0 Å². The molecule has 0 aromatic carbocycles. The minimum Gasteiger partial charge on any atom is -0.369 e. The van der Waals surface area contributed by atoms with Crippen molar-refractivity contribution in [3.8, 4) is 0 Å². The van der Waals surface area contributed by atoms with Crippen LogP contribution in [0.2, 0.25) is 0 Å². The third kappa shape index (κ3) is 15.2. The minimum absolute atomic E-state index is 0.332. The number of hydrogen-bond acceptors (Lipinski definition) is 1. The second kappa shape index (κ2) is 27.0. The van der Waals surface area contributed by atoms with E-state index in [9.17, 15) is 0 Å². The second-order valence-electron chi connectivity index (χ2n) is 23.8. The molecular formula is C65H107N. The molecular weight excluding hydrogens is 795 g/mol. The molecule has 1 nitrogen and oxygen atoms in total. The van der Waals surface area contributed by atoms with Gasteiger partial charge in [0.1, 0.15) is 0 Å². The van der Waals surface area contributed by atoms with Gasteiger partial charge in [0.25, 0.3) is 0 Å². The van der Waals surface area contributed by atoms with Gasteiger partial charge in [0.15, 0.2) is 0 Å². The average molecular weight is 903 g/mol. The molecule has 15 atom stereocenters. The molecule has 0 spiro atoms. The maximum Gasteiger partial charge on any atom is 0.0327 e. The van der Waals surface area contributed by atoms with Crippen molar-refractivity contribution in [1.82, 2.24) is 4.90 Å². The molecule has 1 heteroatoms. The normalized spacial score (nSPS) is 29.9. The molecule has 0 bridgehead atoms. The van der Waals surface area contributed by atoms with E-state index >= 15 is 0 Å². The lowest BCUT2D eigenvalue weighted by molar-refractivity contribution is 0.141. The highest BCUT2D eigenvalue weighted by molar-refractivity contribution is 5.39. The molecule has 0 N–H and O–H groups in total. The van der Waals surface area contributed by atoms with Gasteiger partial charge < -0.3 is 4.90 Å². The first-order chi connectivity index (χ1) is 31.4. The molecule has 0 aromatic heterocycles. The molecule has 0 amide bonds. The fraction of sp³-hybridized carbons (Fsp3) is 0.723. The van der Waals surface area contributed by atoms with Crippen molar-refractivity contribution in [2.24, 2.45) is 82.3 Å². The van der Waals surface area contributed by atoms with Crippen LogP contribution in [0.4, 0.5) is 0 Å². The summed E-state index contributed by atoms with van der Waals surface area (Å²) in [7, 11) is 0. The molecule has 3 aliphatic carbocycles. The van der Waals surface area contributed by atoms with Gasteiger partial charge in [-0.2, -0.15) is 0 Å². The van der Waals surface area contributed by atoms with Gasteiger partial charge in [-0.1, -0.05) is 179 Å². The molecule has 4 fully saturated rings. The Balaban J connectivity index is 1.24. The van der Waals surface area contributed by atoms with Crippen molar-refractivity contribution in [3.05, 3.63) is 109 Å². The topological polar surface area (TPSA) is 3.24 Å². The van der Waals surface area contributed by atoms with Gasteiger partial charge in [-0.25, -0.2) is 0 Å². The van der Waals surface area contributed by atoms with E-state index in [0.717, 1.165) is 61.8 Å². The van der Waals surface area contributed by atoms with E-state index in [-0.39, 0.29) is 0 Å². The molecule has 372 valence electrons. The molecule has 66 heavy (non-hydrogen) atoms. The van der Waals surface area contributed by atoms with Crippen molar-refractivity contribution in [2.75, 3.05) is 6.54 Å². The van der Waals surface area contributed by atoms with E-state index in [1.165, 1.54) is 130 Å². The first-order valence-electron chi connectivity index (χ1n) is 28.3. The third-order valence-corrected chi connectivity index (χ3v) is 19.2. The first-order valence-corrected chi connectivity index (χ1v) is 28.3. The van der Waals surface area contributed by atoms with Gasteiger partial charge in [-0.15, -0.1) is 6.58 Å². The molecule has 4 aliphatic rings. The highest BCUT2D eigenvalue weighted by atomic mass is 15.2. The smallest absolute Gasteiger partial charge is 0.0327 e. The van der Waals surface area contributed by atoms with Crippen LogP contribution in [0.1, 0.15) is 205 Å². The Morgan fingerprint density at radius 2 is 1.48 bits per heavy atom. The van der Waals surface area contributed by atoms with Gasteiger partial charge in [0.05, 0.1) is 0 Å². The van der Waals surface area contributed by atoms with Crippen molar-refractivity contribution in [3.63, 3.8) is 0 Å². The summed E-state index contributed by atoms with van der Waals surface area (Å²) < 4.78 is 0. The molecule has 1 saturated heterocycles. The zero-order valence-corrected chi connectivity index (χ0v) is 45.7. The van der Waals surface area contributed by atoms with Crippen LogP contribution in [0.15, 0.2) is 109 Å². The van der Waals surface area contributed by atoms with Crippen LogP contribution in [0.3, 0.4) is 0 Å². The zero-order valence-electron chi connectivity index (χ0n) is 45.7. The number of piperidine rings is 1. The summed E-state index contributed by atoms with van der Waals surface area (Å²) in [4.78, 5) is 2.59. The van der Waals surface area contributed by atoms with Crippen LogP contribution < -0.4 is 0 Å². The van der Waals surface area contributed by atoms with Crippen LogP contribution in [0, 0.1) is 82.3 Å². The SMILES string of the molecule is C=CCC(CC(=C)C(C)/C=C(\C)C(C)C(CC)C(=C)C(C)CC(C)/C=C/C=C/C=C(\C)C(CC)CC1CCC2CC2(C(=C)C(=C)N2CCCCC2C)C1)C(C)CC1CCC(CC)C(CC)C1. The lowest BCUT2D eigenvalue weighted by atomic mass is 9.68. The van der Waals surface area contributed by atoms with Gasteiger partial charge >= 0.3 is 0 Å². The van der Waals surface area contributed by atoms with Gasteiger partial charge in [-0.3, -0.25) is 0 Å². The van der Waals surface area contributed by atoms with Crippen molar-refractivity contribution < 1.29 is 0 Å². The number of fused-ring (bicyclic) bond motifs is 1. The third-order valence-electron chi connectivity index (χ3n) is 19.2. The summed E-state index contributed by atoms with van der Waals surface area (Å²) >= 11 is 0. The Labute approximate surface area is 412 Å². The maximum absolute atomic E-state index is 4.78. The highest BCUT2D eigenvalue weighted by Gasteiger charge is 2.59. The molecule has 1 aliphatic heterocycles. The molecule has 3 saturated carbocycles. The number of nitrogens with zero attached hydrogens (tertiary/aromatic N) is 1. The molecule has 0 aromatic rings. The Bertz CT molecular complexity index is 1690. The van der Waals surface area contributed by atoms with Crippen molar-refractivity contribution in [2.45, 2.75) is 211 Å². The lowest BCUT2D eigenvalue weighted by Gasteiger charge is -2.41. The van der Waals surface area contributed by atoms with Crippen LogP contribution in [-0.4, -0.2) is 17.5 Å². The zero-order chi connectivity index (χ0) is 48.7. The number of hydrogen-bond donors (Lipinski definition) is 0. The second-order valence-corrected chi connectivity index (χ2v) is 23.8. The Hall–Kier alpha value is -2.54. The summed E-state index contributed by atoms with van der Waals surface area (Å²) in [6, 6.07) is 0.605. The number of rotatable bonds is 28. The summed E-state index contributed by atoms with van der Waals surface area (Å²) in [5.74, 6) is 8.73. The van der Waals surface area contributed by atoms with Gasteiger partial charge in [0.2, 0.25) is 0 Å². The number of allylic oxidation sites excluding steroid dienone is 12. The predicted octanol–water partition coefficient (Wildman–Crippen LogP) is 19.7. The lowest BCUT2D eigenvalue weighted by Crippen LogP contribution is -2.38. The minimum atomic E-state index is 0.332. The molecule has 1 heterocycles. The predicted molar refractivity (Wildman–Crippen MR) is 295 cm³/mol. The Morgan fingerprint density at radius 3 is 2.14 bits per heavy atom. The van der Waals surface area contributed by atoms with E-state index in [0.29, 0.717) is 58.8 Å². The first kappa shape index (κ1) is 56.1. The Morgan fingerprint density at radius 1 is 0.773 bits per heavy atom. The summed E-state index contributed by atoms with van der Waals surface area (Å²) in [5, 5.41) is 0. The average Bonchev–Trinajstić information content (AvgIpc) is 4.05. The summed E-state index contributed by atoms with van der Waals surface area (Å²) in [6.07, 6.45) is 41.1. The fourth-order valence-corrected chi connectivity index (χ4v) is 14.2. The molecule has 0 radical (unpaired) electrons. The molecule has 15 unspecified atom stereocenters. The van der Waals surface area contributed by atoms with E-state index < -0.39 is 0 Å². The van der Waals surface area contributed by atoms with Crippen LogP contribution >= 0.6 is 0 Å². The summed E-state index contributed by atoms with van der Waals surface area (Å²) in [6.45, 7) is 53.1. The highest BCUT2D eigenvalue weighted by Crippen LogP contribution is 2.68. The van der Waals surface area contributed by atoms with Crippen LogP contribution in [0.25, 0.3) is 0 Å². The van der Waals surface area contributed by atoms with Gasteiger partial charge in [0, 0.05) is 23.7 Å². The number of likely N-dealkylation sites (tertiary alicyclic amines) is 1. The van der Waals surface area contributed by atoms with Crippen LogP contribution in [-0.2, 0) is 0 Å². The van der Waals surface area contributed by atoms with E-state index in [1.54, 1.807) is 0 Å². The monoisotopic (exact) mass is 902 g/mol. The Kier molecular flexibility index (Phi) is 22.9. The van der Waals surface area contributed by atoms with E-state index in [2.05, 4.69) is 144 Å².